The summed E-state index contributed by atoms with van der Waals surface area (Å²) in [6.45, 7) is 0.199. The van der Waals surface area contributed by atoms with E-state index in [-0.39, 0.29) is 6.61 Å². The number of rotatable bonds is 1. The lowest BCUT2D eigenvalue weighted by Crippen LogP contribution is -2.35. The summed E-state index contributed by atoms with van der Waals surface area (Å²) in [5.74, 6) is 0. The third-order valence-corrected chi connectivity index (χ3v) is 3.04. The molecule has 18 heavy (non-hydrogen) atoms. The van der Waals surface area contributed by atoms with Crippen LogP contribution in [0.25, 0.3) is 0 Å². The molecule has 1 aromatic carbocycles. The first-order chi connectivity index (χ1) is 8.36. The molecule has 1 atom stereocenters. The van der Waals surface area contributed by atoms with Gasteiger partial charge >= 0.3 is 12.3 Å². The summed E-state index contributed by atoms with van der Waals surface area (Å²) >= 11 is 3.04. The second-order valence-corrected chi connectivity index (χ2v) is 4.81. The number of carbonyl (C=O) groups excluding carboxylic acids is 1. The Labute approximate surface area is 109 Å². The van der Waals surface area contributed by atoms with E-state index in [1.54, 1.807) is 6.07 Å². The molecule has 0 aliphatic carbocycles. The highest BCUT2D eigenvalue weighted by molar-refractivity contribution is 9.10. The van der Waals surface area contributed by atoms with Crippen molar-refractivity contribution >= 4 is 22.0 Å². The van der Waals surface area contributed by atoms with Crippen LogP contribution in [0.3, 0.4) is 0 Å². The summed E-state index contributed by atoms with van der Waals surface area (Å²) in [4.78, 5) is 11.0. The highest BCUT2D eigenvalue weighted by atomic mass is 79.9. The van der Waals surface area contributed by atoms with Crippen molar-refractivity contribution < 1.29 is 22.7 Å². The number of nitrogens with one attached hydrogen (secondary N) is 1. The first-order valence-corrected chi connectivity index (χ1v) is 5.96. The van der Waals surface area contributed by atoms with Crippen molar-refractivity contribution in [2.24, 2.45) is 0 Å². The van der Waals surface area contributed by atoms with E-state index in [0.29, 0.717) is 16.5 Å². The molecule has 0 spiro atoms. The molecule has 0 aromatic heterocycles. The Morgan fingerprint density at radius 3 is 2.67 bits per heavy atom. The minimum absolute atomic E-state index is 0.199. The van der Waals surface area contributed by atoms with E-state index < -0.39 is 23.9 Å². The van der Waals surface area contributed by atoms with Crippen molar-refractivity contribution in [3.8, 4) is 0 Å². The molecule has 1 saturated heterocycles. The molecule has 1 heterocycles. The molecular formula is C11H9BrF3NO2. The number of hydrogen-bond donors (Lipinski definition) is 1. The number of ether oxygens (including phenoxy) is 1. The van der Waals surface area contributed by atoms with Crippen molar-refractivity contribution in [2.75, 3.05) is 6.61 Å². The van der Waals surface area contributed by atoms with Crippen LogP contribution in [0.2, 0.25) is 0 Å². The molecule has 1 aliphatic rings. The third-order valence-electron chi connectivity index (χ3n) is 2.58. The maximum atomic E-state index is 12.7. The minimum Gasteiger partial charge on any atom is -0.449 e. The summed E-state index contributed by atoms with van der Waals surface area (Å²) in [5, 5.41) is 2.49. The monoisotopic (exact) mass is 323 g/mol. The van der Waals surface area contributed by atoms with Gasteiger partial charge in [-0.1, -0.05) is 15.9 Å². The van der Waals surface area contributed by atoms with Gasteiger partial charge in [-0.3, -0.25) is 0 Å². The van der Waals surface area contributed by atoms with Crippen molar-refractivity contribution in [3.05, 3.63) is 33.8 Å². The molecule has 0 radical (unpaired) electrons. The van der Waals surface area contributed by atoms with E-state index in [2.05, 4.69) is 26.0 Å². The van der Waals surface area contributed by atoms with Crippen LogP contribution in [-0.2, 0) is 10.9 Å². The number of alkyl halides is 3. The lowest BCUT2D eigenvalue weighted by Gasteiger charge is -2.24. The lowest BCUT2D eigenvalue weighted by atomic mass is 10.0. The van der Waals surface area contributed by atoms with Crippen LogP contribution >= 0.6 is 15.9 Å². The molecule has 1 aromatic rings. The molecule has 1 aliphatic heterocycles. The standard InChI is InChI=1S/C11H9BrF3NO2/c12-8-4-6(3-7(5-8)11(13,14)15)9-1-2-18-10(17)16-9/h3-5,9H,1-2H2,(H,16,17)/t9-/m1/s1. The van der Waals surface area contributed by atoms with Gasteiger partial charge in [-0.2, -0.15) is 13.2 Å². The molecule has 1 amide bonds. The lowest BCUT2D eigenvalue weighted by molar-refractivity contribution is -0.137. The fourth-order valence-corrected chi connectivity index (χ4v) is 2.26. The predicted molar refractivity (Wildman–Crippen MR) is 61.0 cm³/mol. The zero-order valence-electron chi connectivity index (χ0n) is 9.05. The fourth-order valence-electron chi connectivity index (χ4n) is 1.75. The zero-order chi connectivity index (χ0) is 13.3. The number of hydrogen-bond acceptors (Lipinski definition) is 2. The number of amides is 1. The summed E-state index contributed by atoms with van der Waals surface area (Å²) in [7, 11) is 0. The summed E-state index contributed by atoms with van der Waals surface area (Å²) in [5.41, 5.74) is -0.332. The highest BCUT2D eigenvalue weighted by Gasteiger charge is 2.32. The van der Waals surface area contributed by atoms with Crippen molar-refractivity contribution in [3.63, 3.8) is 0 Å². The van der Waals surface area contributed by atoms with Gasteiger partial charge in [-0.05, 0) is 23.8 Å². The molecule has 1 N–H and O–H groups in total. The van der Waals surface area contributed by atoms with Gasteiger partial charge in [0, 0.05) is 10.9 Å². The van der Waals surface area contributed by atoms with Crippen LogP contribution in [0.1, 0.15) is 23.6 Å². The SMILES string of the molecule is O=C1N[C@@H](c2cc(Br)cc(C(F)(F)F)c2)CCO1. The van der Waals surface area contributed by atoms with Crippen LogP contribution in [0.5, 0.6) is 0 Å². The van der Waals surface area contributed by atoms with E-state index in [1.165, 1.54) is 0 Å². The smallest absolute Gasteiger partial charge is 0.416 e. The first-order valence-electron chi connectivity index (χ1n) is 5.17. The summed E-state index contributed by atoms with van der Waals surface area (Å²) in [6, 6.07) is 3.15. The van der Waals surface area contributed by atoms with Gasteiger partial charge in [-0.15, -0.1) is 0 Å². The molecule has 3 nitrogen and oxygen atoms in total. The average Bonchev–Trinajstić information content (AvgIpc) is 2.27. The molecule has 0 bridgehead atoms. The highest BCUT2D eigenvalue weighted by Crippen LogP contribution is 2.34. The van der Waals surface area contributed by atoms with E-state index in [4.69, 9.17) is 0 Å². The summed E-state index contributed by atoms with van der Waals surface area (Å²) in [6.07, 6.45) is -4.58. The molecule has 0 saturated carbocycles. The zero-order valence-corrected chi connectivity index (χ0v) is 10.6. The van der Waals surface area contributed by atoms with E-state index in [9.17, 15) is 18.0 Å². The molecule has 98 valence electrons. The number of cyclic esters (lactones) is 1. The molecule has 2 rings (SSSR count). The Morgan fingerprint density at radius 1 is 1.33 bits per heavy atom. The third kappa shape index (κ3) is 2.95. The number of carbonyl (C=O) groups is 1. The molecular weight excluding hydrogens is 315 g/mol. The topological polar surface area (TPSA) is 38.3 Å². The largest absolute Gasteiger partial charge is 0.449 e. The van der Waals surface area contributed by atoms with Crippen LogP contribution in [0, 0.1) is 0 Å². The van der Waals surface area contributed by atoms with Gasteiger partial charge in [0.2, 0.25) is 0 Å². The second kappa shape index (κ2) is 4.79. The van der Waals surface area contributed by atoms with Crippen molar-refractivity contribution in [2.45, 2.75) is 18.6 Å². The maximum Gasteiger partial charge on any atom is 0.416 e. The van der Waals surface area contributed by atoms with E-state index in [1.807, 2.05) is 0 Å². The first kappa shape index (κ1) is 13.2. The normalized spacial score (nSPS) is 20.2. The Bertz CT molecular complexity index is 476. The average molecular weight is 324 g/mol. The Kier molecular flexibility index (Phi) is 3.52. The van der Waals surface area contributed by atoms with Crippen LogP contribution in [0.4, 0.5) is 18.0 Å². The van der Waals surface area contributed by atoms with Crippen LogP contribution in [0.15, 0.2) is 22.7 Å². The van der Waals surface area contributed by atoms with Crippen LogP contribution < -0.4 is 5.32 Å². The number of alkyl carbamates (subject to hydrolysis) is 1. The van der Waals surface area contributed by atoms with E-state index in [0.717, 1.165) is 12.1 Å². The van der Waals surface area contributed by atoms with Crippen LogP contribution in [-0.4, -0.2) is 12.7 Å². The molecule has 7 heteroatoms. The number of halogens is 4. The Hall–Kier alpha value is -1.24. The Morgan fingerprint density at radius 2 is 2.06 bits per heavy atom. The Balaban J connectivity index is 2.33. The van der Waals surface area contributed by atoms with Gasteiger partial charge in [0.05, 0.1) is 18.2 Å². The minimum atomic E-state index is -4.41. The van der Waals surface area contributed by atoms with Gasteiger partial charge in [0.1, 0.15) is 0 Å². The number of benzene rings is 1. The molecule has 0 unspecified atom stereocenters. The fraction of sp³-hybridized carbons (Fsp3) is 0.364. The predicted octanol–water partition coefficient (Wildman–Crippen LogP) is 3.64. The van der Waals surface area contributed by atoms with Crippen molar-refractivity contribution in [1.82, 2.24) is 5.32 Å². The summed E-state index contributed by atoms with van der Waals surface area (Å²) < 4.78 is 43.0. The quantitative estimate of drug-likeness (QED) is 0.856. The van der Waals surface area contributed by atoms with Gasteiger partial charge < -0.3 is 10.1 Å². The molecule has 1 fully saturated rings. The van der Waals surface area contributed by atoms with Gasteiger partial charge in [0.15, 0.2) is 0 Å². The van der Waals surface area contributed by atoms with Crippen molar-refractivity contribution in [1.29, 1.82) is 0 Å². The maximum absolute atomic E-state index is 12.7. The van der Waals surface area contributed by atoms with Gasteiger partial charge in [-0.25, -0.2) is 4.79 Å². The second-order valence-electron chi connectivity index (χ2n) is 3.89. The van der Waals surface area contributed by atoms with E-state index >= 15 is 0 Å². The van der Waals surface area contributed by atoms with Gasteiger partial charge in [0.25, 0.3) is 0 Å².